The molecule has 1 aromatic heterocycles. The summed E-state index contributed by atoms with van der Waals surface area (Å²) in [6.07, 6.45) is 14.5. The number of rotatable bonds is 17. The topological polar surface area (TPSA) is 58.4 Å². The summed E-state index contributed by atoms with van der Waals surface area (Å²) in [4.78, 5) is 16.8. The molecule has 38 heavy (non-hydrogen) atoms. The Labute approximate surface area is 225 Å². The number of unbranched alkanes of at least 4 members (excludes halogenated alkanes) is 13. The molecule has 2 heterocycles. The van der Waals surface area contributed by atoms with Gasteiger partial charge in [-0.3, -0.25) is 9.36 Å². The molecule has 8 heteroatoms. The van der Waals surface area contributed by atoms with Gasteiger partial charge < -0.3 is 10.0 Å². The van der Waals surface area contributed by atoms with Crippen LogP contribution in [0.15, 0.2) is 12.1 Å². The van der Waals surface area contributed by atoms with Crippen LogP contribution in [-0.4, -0.2) is 34.0 Å². The summed E-state index contributed by atoms with van der Waals surface area (Å²) < 4.78 is 41.4. The average molecular weight is 536 g/mol. The van der Waals surface area contributed by atoms with Gasteiger partial charge in [0, 0.05) is 18.8 Å². The zero-order valence-electron chi connectivity index (χ0n) is 23.1. The summed E-state index contributed by atoms with van der Waals surface area (Å²) in [5.74, 6) is -2.08. The third-order valence-electron chi connectivity index (χ3n) is 7.66. The van der Waals surface area contributed by atoms with E-state index in [1.54, 1.807) is 13.0 Å². The lowest BCUT2D eigenvalue weighted by molar-refractivity contribution is -0.146. The second-order valence-electron chi connectivity index (χ2n) is 10.7. The maximum atomic E-state index is 13.6. The Morgan fingerprint density at radius 1 is 0.895 bits per heavy atom. The van der Waals surface area contributed by atoms with Gasteiger partial charge in [-0.2, -0.15) is 13.2 Å². The fourth-order valence-corrected chi connectivity index (χ4v) is 5.49. The van der Waals surface area contributed by atoms with Gasteiger partial charge in [0.1, 0.15) is 0 Å². The zero-order valence-corrected chi connectivity index (χ0v) is 23.1. The van der Waals surface area contributed by atoms with E-state index in [0.29, 0.717) is 10.1 Å². The first-order valence-corrected chi connectivity index (χ1v) is 14.5. The molecule has 1 aromatic carbocycles. The number of benzene rings is 1. The van der Waals surface area contributed by atoms with Gasteiger partial charge in [-0.05, 0) is 43.0 Å². The number of aldehydes is 1. The number of imidazole rings is 1. The number of alkyl halides is 3. The molecule has 1 N–H and O–H groups in total. The van der Waals surface area contributed by atoms with Gasteiger partial charge in [0.25, 0.3) is 0 Å². The van der Waals surface area contributed by atoms with E-state index in [9.17, 15) is 23.1 Å². The summed E-state index contributed by atoms with van der Waals surface area (Å²) in [5, 5.41) is 10.3. The summed E-state index contributed by atoms with van der Waals surface area (Å²) in [6.45, 7) is 5.74. The second kappa shape index (κ2) is 14.6. The van der Waals surface area contributed by atoms with Gasteiger partial charge in [0.05, 0.1) is 5.69 Å². The Kier molecular flexibility index (Phi) is 11.5. The van der Waals surface area contributed by atoms with E-state index in [1.165, 1.54) is 83.5 Å². The van der Waals surface area contributed by atoms with Crippen molar-refractivity contribution in [3.8, 4) is 11.6 Å². The van der Waals surface area contributed by atoms with Crippen molar-refractivity contribution < 1.29 is 23.1 Å². The number of hydrogen-bond donors (Lipinski definition) is 1. The smallest absolute Gasteiger partial charge is 0.450 e. The average Bonchev–Trinajstić information content (AvgIpc) is 3.43. The van der Waals surface area contributed by atoms with Crippen molar-refractivity contribution in [2.75, 3.05) is 18.0 Å². The van der Waals surface area contributed by atoms with E-state index in [-0.39, 0.29) is 12.0 Å². The maximum Gasteiger partial charge on any atom is 0.450 e. The normalized spacial score (nSPS) is 13.3. The Morgan fingerprint density at radius 2 is 1.45 bits per heavy atom. The lowest BCUT2D eigenvalue weighted by Gasteiger charge is -2.21. The van der Waals surface area contributed by atoms with Gasteiger partial charge in [-0.25, -0.2) is 4.98 Å². The molecule has 0 fully saturated rings. The Hall–Kier alpha value is -2.51. The number of aryl methyl sites for hydroxylation is 1. The number of hydrogen-bond acceptors (Lipinski definition) is 4. The third kappa shape index (κ3) is 8.00. The summed E-state index contributed by atoms with van der Waals surface area (Å²) in [6, 6.07) is 3.59. The number of halogens is 3. The van der Waals surface area contributed by atoms with Crippen molar-refractivity contribution >= 4 is 12.0 Å². The molecule has 0 spiro atoms. The van der Waals surface area contributed by atoms with Crippen molar-refractivity contribution in [3.05, 3.63) is 34.8 Å². The largest absolute Gasteiger partial charge is 0.493 e. The lowest BCUT2D eigenvalue weighted by atomic mass is 10.0. The van der Waals surface area contributed by atoms with Crippen LogP contribution in [0.2, 0.25) is 0 Å². The van der Waals surface area contributed by atoms with Gasteiger partial charge in [0.2, 0.25) is 11.7 Å². The molecule has 0 amide bonds. The third-order valence-corrected chi connectivity index (χ3v) is 7.66. The summed E-state index contributed by atoms with van der Waals surface area (Å²) >= 11 is 0. The van der Waals surface area contributed by atoms with Crippen molar-refractivity contribution in [1.29, 1.82) is 0 Å². The molecule has 1 aliphatic heterocycles. The Morgan fingerprint density at radius 3 is 1.97 bits per heavy atom. The molecule has 0 unspecified atom stereocenters. The quantitative estimate of drug-likeness (QED) is 0.163. The first-order valence-electron chi connectivity index (χ1n) is 14.5. The molecule has 1 aliphatic rings. The van der Waals surface area contributed by atoms with Crippen LogP contribution in [0.1, 0.15) is 124 Å². The molecule has 0 saturated heterocycles. The first kappa shape index (κ1) is 30.0. The summed E-state index contributed by atoms with van der Waals surface area (Å²) in [7, 11) is 0. The molecule has 0 aliphatic carbocycles. The van der Waals surface area contributed by atoms with Gasteiger partial charge in [-0.1, -0.05) is 90.4 Å². The molecule has 2 aromatic rings. The second-order valence-corrected chi connectivity index (χ2v) is 10.7. The van der Waals surface area contributed by atoms with Crippen LogP contribution in [0.25, 0.3) is 5.69 Å². The van der Waals surface area contributed by atoms with Crippen molar-refractivity contribution in [2.45, 2.75) is 116 Å². The van der Waals surface area contributed by atoms with Crippen LogP contribution in [-0.2, 0) is 12.6 Å². The van der Waals surface area contributed by atoms with Crippen molar-refractivity contribution in [1.82, 2.24) is 9.55 Å². The fourth-order valence-electron chi connectivity index (χ4n) is 5.49. The van der Waals surface area contributed by atoms with Crippen molar-refractivity contribution in [3.63, 3.8) is 0 Å². The predicted molar refractivity (Wildman–Crippen MR) is 147 cm³/mol. The van der Waals surface area contributed by atoms with Gasteiger partial charge in [-0.15, -0.1) is 0 Å². The standard InChI is InChI=1S/C30H44F3N3O2/c1-3-4-5-6-7-8-9-10-11-12-13-14-15-16-18-35-19-17-24-21-26(23(2)20-27(24)35)36-28(38)25(22-37)34-29(36)30(31,32)33/h20-22,38H,3-19H2,1-2H3. The highest BCUT2D eigenvalue weighted by molar-refractivity contribution is 5.76. The minimum Gasteiger partial charge on any atom is -0.493 e. The number of carbonyl (C=O) groups excluding carboxylic acids is 1. The van der Waals surface area contributed by atoms with E-state index in [0.717, 1.165) is 37.2 Å². The van der Waals surface area contributed by atoms with E-state index in [4.69, 9.17) is 0 Å². The fraction of sp³-hybridized carbons (Fsp3) is 0.667. The van der Waals surface area contributed by atoms with Crippen LogP contribution < -0.4 is 4.90 Å². The molecule has 0 atom stereocenters. The molecular weight excluding hydrogens is 491 g/mol. The van der Waals surface area contributed by atoms with Gasteiger partial charge in [0.15, 0.2) is 12.0 Å². The number of aromatic hydroxyl groups is 1. The summed E-state index contributed by atoms with van der Waals surface area (Å²) in [5.41, 5.74) is 2.17. The van der Waals surface area contributed by atoms with Crippen LogP contribution >= 0.6 is 0 Å². The number of fused-ring (bicyclic) bond motifs is 1. The van der Waals surface area contributed by atoms with Crippen LogP contribution in [0, 0.1) is 6.92 Å². The SMILES string of the molecule is CCCCCCCCCCCCCCCCN1CCc2cc(-n3c(C(F)(F)F)nc(C=O)c3O)c(C)cc21. The lowest BCUT2D eigenvalue weighted by Crippen LogP contribution is -2.21. The highest BCUT2D eigenvalue weighted by Crippen LogP contribution is 2.39. The highest BCUT2D eigenvalue weighted by Gasteiger charge is 2.40. The Balaban J connectivity index is 1.43. The van der Waals surface area contributed by atoms with Crippen LogP contribution in [0.3, 0.4) is 0 Å². The minimum absolute atomic E-state index is 0.141. The zero-order chi connectivity index (χ0) is 27.5. The van der Waals surface area contributed by atoms with E-state index in [2.05, 4.69) is 16.8 Å². The molecule has 0 saturated carbocycles. The minimum atomic E-state index is -4.80. The number of anilines is 1. The number of aromatic nitrogens is 2. The molecule has 0 bridgehead atoms. The van der Waals surface area contributed by atoms with E-state index in [1.807, 2.05) is 6.07 Å². The molecule has 3 rings (SSSR count). The van der Waals surface area contributed by atoms with Crippen molar-refractivity contribution in [2.24, 2.45) is 0 Å². The molecule has 212 valence electrons. The van der Waals surface area contributed by atoms with E-state index >= 15 is 0 Å². The predicted octanol–water partition coefficient (Wildman–Crippen LogP) is 8.56. The molecule has 0 radical (unpaired) electrons. The number of carbonyl (C=O) groups is 1. The van der Waals surface area contributed by atoms with Crippen LogP contribution in [0.4, 0.5) is 18.9 Å². The monoisotopic (exact) mass is 535 g/mol. The van der Waals surface area contributed by atoms with E-state index < -0.39 is 23.6 Å². The highest BCUT2D eigenvalue weighted by atomic mass is 19.4. The van der Waals surface area contributed by atoms with Gasteiger partial charge >= 0.3 is 6.18 Å². The molecular formula is C30H44F3N3O2. The number of nitrogens with zero attached hydrogens (tertiary/aromatic N) is 3. The Bertz CT molecular complexity index is 1030. The molecule has 5 nitrogen and oxygen atoms in total. The maximum absolute atomic E-state index is 13.6. The van der Waals surface area contributed by atoms with Crippen LogP contribution in [0.5, 0.6) is 5.88 Å². The first-order chi connectivity index (χ1) is 18.3.